The summed E-state index contributed by atoms with van der Waals surface area (Å²) in [4.78, 5) is 12.2. The van der Waals surface area contributed by atoms with E-state index >= 15 is 0 Å². The van der Waals surface area contributed by atoms with Crippen LogP contribution in [0.1, 0.15) is 0 Å². The van der Waals surface area contributed by atoms with Gasteiger partial charge in [0.25, 0.3) is 0 Å². The molecule has 8 heteroatoms. The first-order chi connectivity index (χ1) is 7.36. The highest BCUT2D eigenvalue weighted by molar-refractivity contribution is 5.75. The normalized spacial score (nSPS) is 18.8. The number of aliphatic hydroxyl groups excluding tert-OH is 1. The van der Waals surface area contributed by atoms with E-state index in [1.807, 2.05) is 0 Å². The molecule has 5 nitrogen and oxygen atoms in total. The van der Waals surface area contributed by atoms with Crippen molar-refractivity contribution in [3.05, 3.63) is 0 Å². The maximum absolute atomic E-state index is 12.0. The lowest BCUT2D eigenvalue weighted by molar-refractivity contribution is -0.205. The molecule has 0 aromatic heterocycles. The first kappa shape index (κ1) is 12.6. The maximum atomic E-state index is 12.0. The van der Waals surface area contributed by atoms with Gasteiger partial charge in [-0.05, 0) is 0 Å². The molecule has 0 unspecified atom stereocenters. The second-order valence-corrected chi connectivity index (χ2v) is 3.17. The van der Waals surface area contributed by atoms with Gasteiger partial charge in [0.15, 0.2) is 6.10 Å². The van der Waals surface area contributed by atoms with Crippen molar-refractivity contribution in [2.24, 2.45) is 0 Å². The first-order valence-corrected chi connectivity index (χ1v) is 4.34. The summed E-state index contributed by atoms with van der Waals surface area (Å²) < 4.78 is 36.1. The Kier molecular flexibility index (Phi) is 3.62. The molecule has 1 heterocycles. The largest absolute Gasteiger partial charge is 0.416 e. The molecule has 2 amide bonds. The van der Waals surface area contributed by atoms with Gasteiger partial charge >= 0.3 is 12.2 Å². The number of urea groups is 1. The van der Waals surface area contributed by atoms with Crippen molar-refractivity contribution in [1.82, 2.24) is 15.3 Å². The Balaban J connectivity index is 2.53. The third-order valence-corrected chi connectivity index (χ3v) is 1.97. The van der Waals surface area contributed by atoms with Crippen LogP contribution in [0.3, 0.4) is 0 Å². The molecular weight excluding hydrogens is 227 g/mol. The predicted octanol–water partition coefficient (Wildman–Crippen LogP) is -0.257. The van der Waals surface area contributed by atoms with Crippen LogP contribution in [-0.4, -0.2) is 53.1 Å². The number of terminal acetylenes is 1. The monoisotopic (exact) mass is 237 g/mol. The van der Waals surface area contributed by atoms with Crippen LogP contribution in [-0.2, 0) is 0 Å². The highest BCUT2D eigenvalue weighted by Gasteiger charge is 2.41. The molecule has 0 aliphatic carbocycles. The second-order valence-electron chi connectivity index (χ2n) is 3.17. The number of nitrogens with one attached hydrogen (secondary N) is 1. The zero-order valence-corrected chi connectivity index (χ0v) is 8.16. The number of hydrazine groups is 1. The van der Waals surface area contributed by atoms with Crippen molar-refractivity contribution < 1.29 is 23.1 Å². The smallest absolute Gasteiger partial charge is 0.382 e. The predicted molar refractivity (Wildman–Crippen MR) is 47.7 cm³/mol. The van der Waals surface area contributed by atoms with E-state index in [0.29, 0.717) is 0 Å². The molecule has 0 radical (unpaired) electrons. The van der Waals surface area contributed by atoms with Crippen LogP contribution < -0.4 is 5.43 Å². The lowest BCUT2D eigenvalue weighted by Gasteiger charge is -2.20. The molecule has 16 heavy (non-hydrogen) atoms. The molecule has 1 saturated heterocycles. The van der Waals surface area contributed by atoms with Crippen LogP contribution in [0.2, 0.25) is 0 Å². The number of hydrogen-bond donors (Lipinski definition) is 2. The van der Waals surface area contributed by atoms with E-state index in [1.165, 1.54) is 0 Å². The number of carbonyl (C=O) groups excluding carboxylic acids is 1. The number of amides is 2. The van der Waals surface area contributed by atoms with Gasteiger partial charge in [-0.3, -0.25) is 0 Å². The summed E-state index contributed by atoms with van der Waals surface area (Å²) in [7, 11) is 0. The van der Waals surface area contributed by atoms with E-state index in [0.717, 1.165) is 9.91 Å². The maximum Gasteiger partial charge on any atom is 0.416 e. The van der Waals surface area contributed by atoms with Gasteiger partial charge in [-0.1, -0.05) is 5.92 Å². The van der Waals surface area contributed by atoms with Crippen molar-refractivity contribution in [2.75, 3.05) is 19.8 Å². The van der Waals surface area contributed by atoms with E-state index in [-0.39, 0.29) is 13.2 Å². The minimum absolute atomic E-state index is 0.0442. The van der Waals surface area contributed by atoms with Crippen LogP contribution in [0.5, 0.6) is 0 Å². The van der Waals surface area contributed by atoms with Gasteiger partial charge < -0.3 is 10.0 Å². The summed E-state index contributed by atoms with van der Waals surface area (Å²) in [6.07, 6.45) is -2.33. The number of rotatable bonds is 3. The van der Waals surface area contributed by atoms with Crippen LogP contribution in [0.25, 0.3) is 0 Å². The summed E-state index contributed by atoms with van der Waals surface area (Å²) in [6, 6.07) is -0.679. The highest BCUT2D eigenvalue weighted by atomic mass is 19.4. The van der Waals surface area contributed by atoms with E-state index in [9.17, 15) is 18.0 Å². The van der Waals surface area contributed by atoms with Crippen LogP contribution >= 0.6 is 0 Å². The molecule has 0 aromatic carbocycles. The molecule has 1 aliphatic heterocycles. The fourth-order valence-electron chi connectivity index (χ4n) is 1.15. The minimum atomic E-state index is -4.74. The van der Waals surface area contributed by atoms with Crippen molar-refractivity contribution in [3.8, 4) is 12.3 Å². The van der Waals surface area contributed by atoms with Crippen LogP contribution in [0.4, 0.5) is 18.0 Å². The van der Waals surface area contributed by atoms with Gasteiger partial charge in [-0.25, -0.2) is 15.2 Å². The molecule has 0 spiro atoms. The molecular formula is C8H10F3N3O2. The third-order valence-electron chi connectivity index (χ3n) is 1.97. The van der Waals surface area contributed by atoms with Crippen LogP contribution in [0, 0.1) is 12.3 Å². The molecule has 1 atom stereocenters. The highest BCUT2D eigenvalue weighted by Crippen LogP contribution is 2.21. The van der Waals surface area contributed by atoms with Crippen molar-refractivity contribution in [2.45, 2.75) is 12.3 Å². The van der Waals surface area contributed by atoms with Gasteiger partial charge in [-0.15, -0.1) is 6.42 Å². The Morgan fingerprint density at radius 2 is 2.25 bits per heavy atom. The lowest BCUT2D eigenvalue weighted by atomic mass is 10.3. The van der Waals surface area contributed by atoms with Crippen molar-refractivity contribution >= 4 is 6.03 Å². The number of hydrogen-bond acceptors (Lipinski definition) is 3. The summed E-state index contributed by atoms with van der Waals surface area (Å²) in [5, 5.41) is 9.78. The number of halogens is 3. The molecule has 0 aromatic rings. The van der Waals surface area contributed by atoms with Gasteiger partial charge in [-0.2, -0.15) is 13.2 Å². The Bertz CT molecular complexity index is 313. The average Bonchev–Trinajstić information content (AvgIpc) is 2.49. The average molecular weight is 237 g/mol. The van der Waals surface area contributed by atoms with Gasteiger partial charge in [0.1, 0.15) is 0 Å². The van der Waals surface area contributed by atoms with E-state index < -0.39 is 24.9 Å². The SMILES string of the molecule is C#CCN1NCN(C[C@H](O)C(F)(F)F)C1=O. The van der Waals surface area contributed by atoms with E-state index in [4.69, 9.17) is 11.5 Å². The lowest BCUT2D eigenvalue weighted by Crippen LogP contribution is -2.43. The first-order valence-electron chi connectivity index (χ1n) is 4.34. The summed E-state index contributed by atoms with van der Waals surface area (Å²) >= 11 is 0. The summed E-state index contributed by atoms with van der Waals surface area (Å²) in [5.41, 5.74) is 2.50. The van der Waals surface area contributed by atoms with Gasteiger partial charge in [0.2, 0.25) is 0 Å². The molecule has 1 rings (SSSR count). The topological polar surface area (TPSA) is 55.8 Å². The summed E-state index contributed by atoms with van der Waals surface area (Å²) in [6.45, 7) is -0.957. The fraction of sp³-hybridized carbons (Fsp3) is 0.625. The van der Waals surface area contributed by atoms with Gasteiger partial charge in [0.05, 0.1) is 19.8 Å². The number of aliphatic hydroxyl groups is 1. The zero-order chi connectivity index (χ0) is 12.3. The quantitative estimate of drug-likeness (QED) is 0.665. The second kappa shape index (κ2) is 4.59. The molecule has 1 fully saturated rings. The number of nitrogens with zero attached hydrogens (tertiary/aromatic N) is 2. The van der Waals surface area contributed by atoms with Crippen molar-refractivity contribution in [3.63, 3.8) is 0 Å². The standard InChI is InChI=1S/C8H10F3N3O2/c1-2-3-14-7(16)13(5-12-14)4-6(15)8(9,10)11/h1,6,12,15H,3-5H2/t6-/m0/s1. The Labute approximate surface area is 89.8 Å². The number of β-amino-alcohol motifs (C(OH)–C–C–N with tert-alkyl or cyclic N) is 1. The molecule has 0 saturated carbocycles. The van der Waals surface area contributed by atoms with Crippen LogP contribution in [0.15, 0.2) is 0 Å². The summed E-state index contributed by atoms with van der Waals surface area (Å²) in [5.74, 6) is 2.18. The zero-order valence-electron chi connectivity index (χ0n) is 8.16. The van der Waals surface area contributed by atoms with E-state index in [2.05, 4.69) is 11.3 Å². The number of alkyl halides is 3. The minimum Gasteiger partial charge on any atom is -0.382 e. The molecule has 90 valence electrons. The Morgan fingerprint density at radius 1 is 1.62 bits per heavy atom. The third kappa shape index (κ3) is 2.77. The Hall–Kier alpha value is -1.46. The molecule has 0 bridgehead atoms. The van der Waals surface area contributed by atoms with Crippen molar-refractivity contribution in [1.29, 1.82) is 0 Å². The Morgan fingerprint density at radius 3 is 2.75 bits per heavy atom. The molecule has 2 N–H and O–H groups in total. The fourth-order valence-corrected chi connectivity index (χ4v) is 1.15. The molecule has 1 aliphatic rings. The van der Waals surface area contributed by atoms with Gasteiger partial charge in [0, 0.05) is 0 Å². The van der Waals surface area contributed by atoms with E-state index in [1.54, 1.807) is 0 Å². The number of carbonyl (C=O) groups is 1.